The highest BCUT2D eigenvalue weighted by Gasteiger charge is 2.23. The smallest absolute Gasteiger partial charge is 0.283 e. The summed E-state index contributed by atoms with van der Waals surface area (Å²) in [7, 11) is 0. The van der Waals surface area contributed by atoms with Crippen molar-refractivity contribution in [1.29, 1.82) is 0 Å². The summed E-state index contributed by atoms with van der Waals surface area (Å²) in [4.78, 5) is 11.6. The van der Waals surface area contributed by atoms with Crippen molar-refractivity contribution in [1.82, 2.24) is 9.59 Å². The van der Waals surface area contributed by atoms with Crippen molar-refractivity contribution >= 4 is 39.1 Å². The molecule has 1 amide bonds. The van der Waals surface area contributed by atoms with Crippen LogP contribution in [0.15, 0.2) is 28.7 Å². The van der Waals surface area contributed by atoms with Gasteiger partial charge in [-0.25, -0.2) is 8.78 Å². The molecule has 1 heterocycles. The molecule has 0 fully saturated rings. The van der Waals surface area contributed by atoms with Crippen molar-refractivity contribution < 1.29 is 13.6 Å². The predicted octanol–water partition coefficient (Wildman–Crippen LogP) is 3.49. The van der Waals surface area contributed by atoms with Crippen LogP contribution < -0.4 is 5.32 Å². The van der Waals surface area contributed by atoms with Crippen LogP contribution in [0.4, 0.5) is 14.5 Å². The number of halogens is 3. The van der Waals surface area contributed by atoms with Crippen LogP contribution in [-0.2, 0) is 0 Å². The van der Waals surface area contributed by atoms with Gasteiger partial charge in [-0.3, -0.25) is 4.79 Å². The topological polar surface area (TPSA) is 54.9 Å². The van der Waals surface area contributed by atoms with Crippen molar-refractivity contribution in [2.75, 3.05) is 5.32 Å². The SMILES string of the molecule is O=C(Nc1ccccc1Br)c1snnc1C(F)F. The summed E-state index contributed by atoms with van der Waals surface area (Å²) < 4.78 is 29.1. The molecule has 2 aromatic rings. The van der Waals surface area contributed by atoms with Crippen molar-refractivity contribution in [3.8, 4) is 0 Å². The average molecular weight is 334 g/mol. The number of nitrogens with zero attached hydrogens (tertiary/aromatic N) is 2. The lowest BCUT2D eigenvalue weighted by atomic mass is 10.3. The first-order chi connectivity index (χ1) is 8.59. The van der Waals surface area contributed by atoms with Gasteiger partial charge in [0, 0.05) is 4.47 Å². The Morgan fingerprint density at radius 1 is 1.39 bits per heavy atom. The fourth-order valence-corrected chi connectivity index (χ4v) is 2.19. The molecule has 0 unspecified atom stereocenters. The molecule has 4 nitrogen and oxygen atoms in total. The third-order valence-corrected chi connectivity index (χ3v) is 3.48. The Balaban J connectivity index is 2.23. The maximum absolute atomic E-state index is 12.6. The van der Waals surface area contributed by atoms with Crippen LogP contribution in [0.3, 0.4) is 0 Å². The molecule has 0 saturated heterocycles. The second-order valence-electron chi connectivity index (χ2n) is 3.22. The zero-order valence-corrected chi connectivity index (χ0v) is 11.1. The minimum absolute atomic E-state index is 0.180. The van der Waals surface area contributed by atoms with Gasteiger partial charge in [-0.1, -0.05) is 16.6 Å². The molecule has 0 radical (unpaired) electrons. The van der Waals surface area contributed by atoms with E-state index in [1.807, 2.05) is 0 Å². The van der Waals surface area contributed by atoms with E-state index in [2.05, 4.69) is 30.8 Å². The van der Waals surface area contributed by atoms with E-state index in [0.29, 0.717) is 21.7 Å². The normalized spacial score (nSPS) is 10.7. The highest BCUT2D eigenvalue weighted by Crippen LogP contribution is 2.26. The number of anilines is 1. The van der Waals surface area contributed by atoms with Gasteiger partial charge in [-0.15, -0.1) is 5.10 Å². The maximum Gasteiger partial charge on any atom is 0.283 e. The van der Waals surface area contributed by atoms with E-state index in [4.69, 9.17) is 0 Å². The number of para-hydroxylation sites is 1. The van der Waals surface area contributed by atoms with Crippen LogP contribution in [0.2, 0.25) is 0 Å². The van der Waals surface area contributed by atoms with Crippen molar-refractivity contribution in [3.05, 3.63) is 39.3 Å². The van der Waals surface area contributed by atoms with Crippen LogP contribution >= 0.6 is 27.5 Å². The first-order valence-corrected chi connectivity index (χ1v) is 6.32. The number of hydrogen-bond donors (Lipinski definition) is 1. The van der Waals surface area contributed by atoms with Gasteiger partial charge in [0.1, 0.15) is 4.88 Å². The summed E-state index contributed by atoms with van der Waals surface area (Å²) in [6, 6.07) is 6.88. The third kappa shape index (κ3) is 2.70. The number of rotatable bonds is 3. The van der Waals surface area contributed by atoms with E-state index < -0.39 is 18.0 Å². The van der Waals surface area contributed by atoms with Crippen LogP contribution in [0.1, 0.15) is 21.8 Å². The minimum atomic E-state index is -2.82. The Morgan fingerprint density at radius 3 is 2.78 bits per heavy atom. The number of benzene rings is 1. The molecule has 8 heteroatoms. The van der Waals surface area contributed by atoms with E-state index >= 15 is 0 Å². The second kappa shape index (κ2) is 5.49. The number of carbonyl (C=O) groups is 1. The van der Waals surface area contributed by atoms with Crippen molar-refractivity contribution in [2.45, 2.75) is 6.43 Å². The summed E-state index contributed by atoms with van der Waals surface area (Å²) in [5, 5.41) is 5.77. The first-order valence-electron chi connectivity index (χ1n) is 4.76. The highest BCUT2D eigenvalue weighted by molar-refractivity contribution is 9.10. The number of amides is 1. The standard InChI is InChI=1S/C10H6BrF2N3OS/c11-5-3-1-2-4-6(5)14-10(17)8-7(9(12)13)15-16-18-8/h1-4,9H,(H,14,17). The molecule has 94 valence electrons. The Bertz CT molecular complexity index is 576. The molecule has 0 bridgehead atoms. The monoisotopic (exact) mass is 333 g/mol. The Morgan fingerprint density at radius 2 is 2.11 bits per heavy atom. The van der Waals surface area contributed by atoms with Crippen molar-refractivity contribution in [2.24, 2.45) is 0 Å². The second-order valence-corrected chi connectivity index (χ2v) is 4.83. The molecular weight excluding hydrogens is 328 g/mol. The number of carbonyl (C=O) groups excluding carboxylic acids is 1. The number of nitrogens with one attached hydrogen (secondary N) is 1. The fourth-order valence-electron chi connectivity index (χ4n) is 1.24. The van der Waals surface area contributed by atoms with Gasteiger partial charge in [0.2, 0.25) is 0 Å². The first kappa shape index (κ1) is 13.0. The van der Waals surface area contributed by atoms with Crippen LogP contribution in [0.5, 0.6) is 0 Å². The summed E-state index contributed by atoms with van der Waals surface area (Å²) >= 11 is 3.89. The lowest BCUT2D eigenvalue weighted by Crippen LogP contribution is -2.13. The molecule has 1 aromatic heterocycles. The van der Waals surface area contributed by atoms with Gasteiger partial charge in [0.15, 0.2) is 5.69 Å². The molecule has 0 aliphatic carbocycles. The molecule has 1 N–H and O–H groups in total. The van der Waals surface area contributed by atoms with Crippen LogP contribution in [0.25, 0.3) is 0 Å². The number of aromatic nitrogens is 2. The van der Waals surface area contributed by atoms with Crippen LogP contribution in [-0.4, -0.2) is 15.5 Å². The zero-order valence-electron chi connectivity index (χ0n) is 8.73. The molecule has 18 heavy (non-hydrogen) atoms. The quantitative estimate of drug-likeness (QED) is 0.935. The molecule has 1 aromatic carbocycles. The maximum atomic E-state index is 12.6. The Labute approximate surface area is 113 Å². The molecule has 0 aliphatic heterocycles. The lowest BCUT2D eigenvalue weighted by Gasteiger charge is -2.06. The average Bonchev–Trinajstić information content (AvgIpc) is 2.81. The van der Waals surface area contributed by atoms with Crippen LogP contribution in [0, 0.1) is 0 Å². The molecule has 2 rings (SSSR count). The minimum Gasteiger partial charge on any atom is -0.320 e. The number of alkyl halides is 2. The van der Waals surface area contributed by atoms with E-state index in [0.717, 1.165) is 0 Å². The van der Waals surface area contributed by atoms with Gasteiger partial charge in [-0.2, -0.15) is 0 Å². The Hall–Kier alpha value is -1.41. The molecule has 0 atom stereocenters. The van der Waals surface area contributed by atoms with Crippen molar-refractivity contribution in [3.63, 3.8) is 0 Å². The van der Waals surface area contributed by atoms with E-state index in [1.165, 1.54) is 0 Å². The predicted molar refractivity (Wildman–Crippen MR) is 67.0 cm³/mol. The summed E-state index contributed by atoms with van der Waals surface area (Å²) in [5.41, 5.74) is -0.0966. The number of hydrogen-bond acceptors (Lipinski definition) is 4. The molecular formula is C10H6BrF2N3OS. The molecule has 0 saturated carbocycles. The van der Waals surface area contributed by atoms with Gasteiger partial charge >= 0.3 is 0 Å². The largest absolute Gasteiger partial charge is 0.320 e. The summed E-state index contributed by atoms with van der Waals surface area (Å²) in [6.45, 7) is 0. The summed E-state index contributed by atoms with van der Waals surface area (Å²) in [5.74, 6) is -0.646. The third-order valence-electron chi connectivity index (χ3n) is 2.05. The lowest BCUT2D eigenvalue weighted by molar-refractivity contribution is 0.101. The molecule has 0 aliphatic rings. The van der Waals surface area contributed by atoms with E-state index in [1.54, 1.807) is 24.3 Å². The van der Waals surface area contributed by atoms with Gasteiger partial charge in [0.25, 0.3) is 12.3 Å². The zero-order chi connectivity index (χ0) is 13.1. The summed E-state index contributed by atoms with van der Waals surface area (Å²) in [6.07, 6.45) is -2.82. The fraction of sp³-hybridized carbons (Fsp3) is 0.100. The van der Waals surface area contributed by atoms with E-state index in [-0.39, 0.29) is 4.88 Å². The van der Waals surface area contributed by atoms with Gasteiger partial charge in [0.05, 0.1) is 5.69 Å². The van der Waals surface area contributed by atoms with Gasteiger partial charge in [-0.05, 0) is 39.6 Å². The van der Waals surface area contributed by atoms with Gasteiger partial charge < -0.3 is 5.32 Å². The van der Waals surface area contributed by atoms with E-state index in [9.17, 15) is 13.6 Å². The molecule has 0 spiro atoms. The Kier molecular flexibility index (Phi) is 3.97. The highest BCUT2D eigenvalue weighted by atomic mass is 79.9.